The number of nitrogens with zero attached hydrogens (tertiary/aromatic N) is 3. The molecule has 1 amide bonds. The minimum atomic E-state index is -4.44. The molecule has 0 saturated carbocycles. The van der Waals surface area contributed by atoms with E-state index in [0.29, 0.717) is 16.6 Å². The number of carbonyl (C=O) groups excluding carboxylic acids is 1. The van der Waals surface area contributed by atoms with Crippen molar-refractivity contribution in [2.45, 2.75) is 25.6 Å². The minimum absolute atomic E-state index is 0.227. The summed E-state index contributed by atoms with van der Waals surface area (Å²) in [5, 5.41) is 0.746. The predicted octanol–water partition coefficient (Wildman–Crippen LogP) is 6.79. The average Bonchev–Trinajstić information content (AvgIpc) is 3.40. The minimum Gasteiger partial charge on any atom is -0.310 e. The van der Waals surface area contributed by atoms with Crippen LogP contribution in [0.1, 0.15) is 34.5 Å². The fourth-order valence-electron chi connectivity index (χ4n) is 4.68. The van der Waals surface area contributed by atoms with E-state index >= 15 is 0 Å². The fourth-order valence-corrected chi connectivity index (χ4v) is 4.68. The molecular weight excluding hydrogens is 463 g/mol. The van der Waals surface area contributed by atoms with Gasteiger partial charge in [0.05, 0.1) is 11.1 Å². The van der Waals surface area contributed by atoms with Crippen molar-refractivity contribution in [1.82, 2.24) is 9.88 Å². The van der Waals surface area contributed by atoms with Gasteiger partial charge in [-0.3, -0.25) is 9.69 Å². The summed E-state index contributed by atoms with van der Waals surface area (Å²) in [7, 11) is 1.70. The van der Waals surface area contributed by atoms with Gasteiger partial charge in [0.1, 0.15) is 5.69 Å². The van der Waals surface area contributed by atoms with Gasteiger partial charge in [-0.05, 0) is 67.4 Å². The maximum atomic E-state index is 13.3. The highest BCUT2D eigenvalue weighted by Gasteiger charge is 2.30. The van der Waals surface area contributed by atoms with Crippen LogP contribution in [0, 0.1) is 0 Å². The first kappa shape index (κ1) is 24.0. The van der Waals surface area contributed by atoms with E-state index in [-0.39, 0.29) is 11.6 Å². The lowest BCUT2D eigenvalue weighted by Crippen LogP contribution is -2.27. The van der Waals surface area contributed by atoms with Gasteiger partial charge in [-0.2, -0.15) is 13.2 Å². The number of halogens is 3. The number of rotatable bonds is 5. The number of carbonyl (C=O) groups is 1. The lowest BCUT2D eigenvalue weighted by molar-refractivity contribution is -0.137. The number of fused-ring (bicyclic) bond motifs is 1. The van der Waals surface area contributed by atoms with E-state index < -0.39 is 11.7 Å². The van der Waals surface area contributed by atoms with Gasteiger partial charge in [-0.15, -0.1) is 0 Å². The van der Waals surface area contributed by atoms with Gasteiger partial charge in [-0.25, -0.2) is 4.98 Å². The van der Waals surface area contributed by atoms with Crippen LogP contribution in [-0.4, -0.2) is 35.9 Å². The standard InChI is InChI=1S/C29H26F3N3O/c1-34(24-13-10-20(11-14-24)19-35-16-2-3-17-35)28(36)26-15-12-21-6-5-9-25(27(21)33-26)22-7-4-8-23(18-22)29(30,31)32/h4-15,18H,2-3,16-17,19H2,1H3. The molecular formula is C29H26F3N3O. The Kier molecular flexibility index (Phi) is 6.49. The topological polar surface area (TPSA) is 36.4 Å². The van der Waals surface area contributed by atoms with Crippen LogP contribution < -0.4 is 4.90 Å². The summed E-state index contributed by atoms with van der Waals surface area (Å²) < 4.78 is 39.8. The highest BCUT2D eigenvalue weighted by atomic mass is 19.4. The molecule has 1 aliphatic heterocycles. The van der Waals surface area contributed by atoms with Crippen LogP contribution in [0.4, 0.5) is 18.9 Å². The molecule has 1 aliphatic rings. The molecule has 1 aromatic heterocycles. The lowest BCUT2D eigenvalue weighted by atomic mass is 9.99. The Morgan fingerprint density at radius 2 is 1.67 bits per heavy atom. The summed E-state index contributed by atoms with van der Waals surface area (Å²) in [6.45, 7) is 3.15. The zero-order chi connectivity index (χ0) is 25.3. The quantitative estimate of drug-likeness (QED) is 0.310. The van der Waals surface area contributed by atoms with Crippen molar-refractivity contribution in [3.05, 3.63) is 95.7 Å². The molecule has 3 aromatic carbocycles. The smallest absolute Gasteiger partial charge is 0.310 e. The van der Waals surface area contributed by atoms with Crippen molar-refractivity contribution >= 4 is 22.5 Å². The van der Waals surface area contributed by atoms with Crippen LogP contribution in [0.15, 0.2) is 78.9 Å². The normalized spacial score (nSPS) is 14.3. The van der Waals surface area contributed by atoms with Gasteiger partial charge < -0.3 is 4.90 Å². The van der Waals surface area contributed by atoms with Crippen LogP contribution in [0.25, 0.3) is 22.0 Å². The third-order valence-electron chi connectivity index (χ3n) is 6.67. The number of alkyl halides is 3. The van der Waals surface area contributed by atoms with E-state index in [1.165, 1.54) is 24.5 Å². The molecule has 4 aromatic rings. The summed E-state index contributed by atoms with van der Waals surface area (Å²) in [4.78, 5) is 21.9. The van der Waals surface area contributed by atoms with Crippen LogP contribution in [0.5, 0.6) is 0 Å². The third-order valence-corrected chi connectivity index (χ3v) is 6.67. The first-order chi connectivity index (χ1) is 17.3. The second kappa shape index (κ2) is 9.74. The molecule has 1 fully saturated rings. The molecule has 0 spiro atoms. The maximum Gasteiger partial charge on any atom is 0.416 e. The second-order valence-corrected chi connectivity index (χ2v) is 9.17. The Morgan fingerprint density at radius 1 is 0.944 bits per heavy atom. The molecule has 0 aliphatic carbocycles. The third kappa shape index (κ3) is 4.97. The van der Waals surface area contributed by atoms with E-state index in [2.05, 4.69) is 9.88 Å². The first-order valence-electron chi connectivity index (χ1n) is 12.0. The first-order valence-corrected chi connectivity index (χ1v) is 12.0. The Bertz CT molecular complexity index is 1390. The highest BCUT2D eigenvalue weighted by molar-refractivity contribution is 6.06. The monoisotopic (exact) mass is 489 g/mol. The van der Waals surface area contributed by atoms with Gasteiger partial charge in [0.2, 0.25) is 0 Å². The van der Waals surface area contributed by atoms with Gasteiger partial charge >= 0.3 is 6.18 Å². The molecule has 0 N–H and O–H groups in total. The van der Waals surface area contributed by atoms with E-state index in [9.17, 15) is 18.0 Å². The van der Waals surface area contributed by atoms with Crippen molar-refractivity contribution in [2.24, 2.45) is 0 Å². The molecule has 4 nitrogen and oxygen atoms in total. The average molecular weight is 490 g/mol. The zero-order valence-corrected chi connectivity index (χ0v) is 19.9. The SMILES string of the molecule is CN(C(=O)c1ccc2cccc(-c3cccc(C(F)(F)F)c3)c2n1)c1ccc(CN2CCCC2)cc1. The summed E-state index contributed by atoms with van der Waals surface area (Å²) >= 11 is 0. The highest BCUT2D eigenvalue weighted by Crippen LogP contribution is 2.34. The largest absolute Gasteiger partial charge is 0.416 e. The molecule has 0 unspecified atom stereocenters. The van der Waals surface area contributed by atoms with Crippen molar-refractivity contribution in [1.29, 1.82) is 0 Å². The van der Waals surface area contributed by atoms with Gasteiger partial charge in [0.25, 0.3) is 5.91 Å². The number of likely N-dealkylation sites (tertiary alicyclic amines) is 1. The fraction of sp³-hybridized carbons (Fsp3) is 0.241. The summed E-state index contributed by atoms with van der Waals surface area (Å²) in [5.41, 5.74) is 2.88. The summed E-state index contributed by atoms with van der Waals surface area (Å²) in [6, 6.07) is 21.9. The number of benzene rings is 3. The molecule has 0 radical (unpaired) electrons. The lowest BCUT2D eigenvalue weighted by Gasteiger charge is -2.19. The van der Waals surface area contributed by atoms with E-state index in [0.717, 1.165) is 42.8 Å². The van der Waals surface area contributed by atoms with Gasteiger partial charge in [-0.1, -0.05) is 48.5 Å². The Labute approximate surface area is 208 Å². The maximum absolute atomic E-state index is 13.3. The number of para-hydroxylation sites is 1. The Morgan fingerprint density at radius 3 is 2.39 bits per heavy atom. The molecule has 0 atom stereocenters. The number of hydrogen-bond donors (Lipinski definition) is 0. The molecule has 7 heteroatoms. The number of amides is 1. The van der Waals surface area contributed by atoms with Crippen LogP contribution in [0.2, 0.25) is 0 Å². The Balaban J connectivity index is 1.42. The van der Waals surface area contributed by atoms with E-state index in [1.54, 1.807) is 42.3 Å². The molecule has 0 bridgehead atoms. The van der Waals surface area contributed by atoms with Crippen molar-refractivity contribution in [2.75, 3.05) is 25.0 Å². The van der Waals surface area contributed by atoms with Gasteiger partial charge in [0, 0.05) is 30.2 Å². The number of pyridine rings is 1. The Hall–Kier alpha value is -3.71. The van der Waals surface area contributed by atoms with Crippen molar-refractivity contribution < 1.29 is 18.0 Å². The van der Waals surface area contributed by atoms with E-state index in [1.807, 2.05) is 30.3 Å². The predicted molar refractivity (Wildman–Crippen MR) is 136 cm³/mol. The summed E-state index contributed by atoms with van der Waals surface area (Å²) in [5.74, 6) is -0.289. The van der Waals surface area contributed by atoms with Crippen LogP contribution >= 0.6 is 0 Å². The van der Waals surface area contributed by atoms with Crippen LogP contribution in [-0.2, 0) is 12.7 Å². The molecule has 184 valence electrons. The second-order valence-electron chi connectivity index (χ2n) is 9.17. The molecule has 36 heavy (non-hydrogen) atoms. The number of hydrogen-bond acceptors (Lipinski definition) is 3. The van der Waals surface area contributed by atoms with E-state index in [4.69, 9.17) is 0 Å². The van der Waals surface area contributed by atoms with Crippen molar-refractivity contribution in [3.63, 3.8) is 0 Å². The van der Waals surface area contributed by atoms with Crippen molar-refractivity contribution in [3.8, 4) is 11.1 Å². The number of aromatic nitrogens is 1. The zero-order valence-electron chi connectivity index (χ0n) is 19.9. The number of anilines is 1. The van der Waals surface area contributed by atoms with Gasteiger partial charge in [0.15, 0.2) is 0 Å². The molecule has 1 saturated heterocycles. The van der Waals surface area contributed by atoms with Crippen LogP contribution in [0.3, 0.4) is 0 Å². The molecule has 5 rings (SSSR count). The molecule has 2 heterocycles. The summed E-state index contributed by atoms with van der Waals surface area (Å²) in [6.07, 6.45) is -1.96.